The van der Waals surface area contributed by atoms with E-state index in [9.17, 15) is 14.0 Å². The van der Waals surface area contributed by atoms with Crippen molar-refractivity contribution < 1.29 is 18.7 Å². The molecule has 150 valence electrons. The summed E-state index contributed by atoms with van der Waals surface area (Å²) < 4.78 is 20.8. The third-order valence-electron chi connectivity index (χ3n) is 4.34. The molecule has 0 fully saturated rings. The number of aryl methyl sites for hydroxylation is 1. The standard InChI is InChI=1S/C21H19ClFN3O3/c1-12-19(13(2)26(25-12)16-7-5-4-6-8-16)21(28)29-14(3)20(27)24-18-10-9-15(22)11-17(18)23/h4-11,14H,1-3H3,(H,24,27)/t14-/m0/s1. The minimum absolute atomic E-state index is 0.0495. The Hall–Kier alpha value is -3.19. The Bertz CT molecular complexity index is 1070. The van der Waals surface area contributed by atoms with Gasteiger partial charge in [0.15, 0.2) is 6.10 Å². The number of amides is 1. The summed E-state index contributed by atoms with van der Waals surface area (Å²) in [6.45, 7) is 4.85. The van der Waals surface area contributed by atoms with E-state index in [4.69, 9.17) is 16.3 Å². The summed E-state index contributed by atoms with van der Waals surface area (Å²) in [4.78, 5) is 25.0. The molecule has 0 saturated carbocycles. The average molecular weight is 416 g/mol. The predicted octanol–water partition coefficient (Wildman–Crippen LogP) is 4.47. The largest absolute Gasteiger partial charge is 0.449 e. The zero-order valence-corrected chi connectivity index (χ0v) is 16.8. The van der Waals surface area contributed by atoms with Gasteiger partial charge in [0.25, 0.3) is 5.91 Å². The van der Waals surface area contributed by atoms with Crippen molar-refractivity contribution in [1.29, 1.82) is 0 Å². The molecule has 0 radical (unpaired) electrons. The van der Waals surface area contributed by atoms with Gasteiger partial charge in [-0.15, -0.1) is 0 Å². The fourth-order valence-electron chi connectivity index (χ4n) is 2.86. The number of rotatable bonds is 5. The summed E-state index contributed by atoms with van der Waals surface area (Å²) in [6, 6.07) is 13.2. The maximum atomic E-state index is 13.9. The predicted molar refractivity (Wildman–Crippen MR) is 108 cm³/mol. The summed E-state index contributed by atoms with van der Waals surface area (Å²) in [6.07, 6.45) is -1.14. The molecule has 1 heterocycles. The lowest BCUT2D eigenvalue weighted by molar-refractivity contribution is -0.123. The highest BCUT2D eigenvalue weighted by atomic mass is 35.5. The molecule has 0 saturated heterocycles. The van der Waals surface area contributed by atoms with E-state index in [1.807, 2.05) is 30.3 Å². The molecule has 0 unspecified atom stereocenters. The van der Waals surface area contributed by atoms with Crippen LogP contribution < -0.4 is 5.32 Å². The molecule has 0 spiro atoms. The van der Waals surface area contributed by atoms with Crippen LogP contribution in [0.3, 0.4) is 0 Å². The number of halogens is 2. The minimum atomic E-state index is -1.14. The number of anilines is 1. The molecule has 0 aliphatic carbocycles. The van der Waals surface area contributed by atoms with E-state index < -0.39 is 23.8 Å². The number of ether oxygens (including phenoxy) is 1. The van der Waals surface area contributed by atoms with Crippen LogP contribution in [0.1, 0.15) is 28.7 Å². The maximum Gasteiger partial charge on any atom is 0.342 e. The quantitative estimate of drug-likeness (QED) is 0.624. The van der Waals surface area contributed by atoms with E-state index in [1.165, 1.54) is 19.1 Å². The summed E-state index contributed by atoms with van der Waals surface area (Å²) in [5, 5.41) is 6.99. The zero-order chi connectivity index (χ0) is 21.1. The fourth-order valence-corrected chi connectivity index (χ4v) is 3.02. The Balaban J connectivity index is 1.74. The summed E-state index contributed by atoms with van der Waals surface area (Å²) in [7, 11) is 0. The van der Waals surface area contributed by atoms with Crippen LogP contribution in [0.25, 0.3) is 5.69 Å². The van der Waals surface area contributed by atoms with Gasteiger partial charge in [0.1, 0.15) is 11.4 Å². The van der Waals surface area contributed by atoms with Gasteiger partial charge in [-0.3, -0.25) is 4.79 Å². The molecule has 3 rings (SSSR count). The van der Waals surface area contributed by atoms with Crippen molar-refractivity contribution in [2.45, 2.75) is 26.9 Å². The number of hydrogen-bond acceptors (Lipinski definition) is 4. The number of benzene rings is 2. The Morgan fingerprint density at radius 2 is 1.86 bits per heavy atom. The Morgan fingerprint density at radius 3 is 2.52 bits per heavy atom. The van der Waals surface area contributed by atoms with Crippen molar-refractivity contribution >= 4 is 29.2 Å². The number of nitrogens with one attached hydrogen (secondary N) is 1. The minimum Gasteiger partial charge on any atom is -0.449 e. The number of nitrogens with zero attached hydrogens (tertiary/aromatic N) is 2. The maximum absolute atomic E-state index is 13.9. The van der Waals surface area contributed by atoms with Gasteiger partial charge in [0.2, 0.25) is 0 Å². The second-order valence-corrected chi connectivity index (χ2v) is 6.89. The van der Waals surface area contributed by atoms with Crippen LogP contribution in [0.5, 0.6) is 0 Å². The highest BCUT2D eigenvalue weighted by Crippen LogP contribution is 2.21. The number of para-hydroxylation sites is 1. The molecule has 0 bridgehead atoms. The Morgan fingerprint density at radius 1 is 1.17 bits per heavy atom. The van der Waals surface area contributed by atoms with Crippen LogP contribution in [-0.2, 0) is 9.53 Å². The second kappa shape index (κ2) is 8.45. The number of hydrogen-bond donors (Lipinski definition) is 1. The van der Waals surface area contributed by atoms with E-state index in [0.29, 0.717) is 11.4 Å². The van der Waals surface area contributed by atoms with Crippen molar-refractivity contribution in [2.75, 3.05) is 5.32 Å². The first kappa shape index (κ1) is 20.5. The number of carbonyl (C=O) groups is 2. The first-order valence-corrected chi connectivity index (χ1v) is 9.24. The van der Waals surface area contributed by atoms with E-state index in [0.717, 1.165) is 11.8 Å². The molecule has 2 aromatic carbocycles. The average Bonchev–Trinajstić information content (AvgIpc) is 2.98. The number of carbonyl (C=O) groups excluding carboxylic acids is 2. The molecule has 29 heavy (non-hydrogen) atoms. The van der Waals surface area contributed by atoms with Gasteiger partial charge in [-0.25, -0.2) is 13.9 Å². The van der Waals surface area contributed by atoms with Crippen molar-refractivity contribution in [2.24, 2.45) is 0 Å². The molecule has 1 aromatic heterocycles. The smallest absolute Gasteiger partial charge is 0.342 e. The van der Waals surface area contributed by atoms with Gasteiger partial charge in [0, 0.05) is 5.02 Å². The lowest BCUT2D eigenvalue weighted by Gasteiger charge is -2.14. The summed E-state index contributed by atoms with van der Waals surface area (Å²) in [5.74, 6) is -2.02. The molecule has 6 nitrogen and oxygen atoms in total. The van der Waals surface area contributed by atoms with Gasteiger partial charge in [-0.1, -0.05) is 29.8 Å². The van der Waals surface area contributed by atoms with E-state index >= 15 is 0 Å². The van der Waals surface area contributed by atoms with E-state index in [1.54, 1.807) is 18.5 Å². The molecular formula is C21H19ClFN3O3. The number of esters is 1. The van der Waals surface area contributed by atoms with Crippen LogP contribution in [0.4, 0.5) is 10.1 Å². The molecule has 8 heteroatoms. The Labute approximate surface area is 172 Å². The van der Waals surface area contributed by atoms with Gasteiger partial charge in [-0.2, -0.15) is 5.10 Å². The van der Waals surface area contributed by atoms with Crippen LogP contribution in [-0.4, -0.2) is 27.8 Å². The molecular weight excluding hydrogens is 397 g/mol. The van der Waals surface area contributed by atoms with Crippen LogP contribution >= 0.6 is 11.6 Å². The van der Waals surface area contributed by atoms with Gasteiger partial charge >= 0.3 is 5.97 Å². The second-order valence-electron chi connectivity index (χ2n) is 6.45. The van der Waals surface area contributed by atoms with Crippen molar-refractivity contribution in [3.63, 3.8) is 0 Å². The van der Waals surface area contributed by atoms with Crippen LogP contribution in [0, 0.1) is 19.7 Å². The third kappa shape index (κ3) is 4.46. The molecule has 1 N–H and O–H groups in total. The van der Waals surface area contributed by atoms with Crippen molar-refractivity contribution in [3.8, 4) is 5.69 Å². The van der Waals surface area contributed by atoms with E-state index in [2.05, 4.69) is 10.4 Å². The topological polar surface area (TPSA) is 73.2 Å². The van der Waals surface area contributed by atoms with Crippen molar-refractivity contribution in [1.82, 2.24) is 9.78 Å². The van der Waals surface area contributed by atoms with E-state index in [-0.39, 0.29) is 16.3 Å². The molecule has 3 aromatic rings. The highest BCUT2D eigenvalue weighted by Gasteiger charge is 2.25. The first-order valence-electron chi connectivity index (χ1n) is 8.86. The monoisotopic (exact) mass is 415 g/mol. The third-order valence-corrected chi connectivity index (χ3v) is 4.57. The molecule has 0 aliphatic rings. The normalized spacial score (nSPS) is 11.8. The van der Waals surface area contributed by atoms with Crippen LogP contribution in [0.2, 0.25) is 5.02 Å². The lowest BCUT2D eigenvalue weighted by Crippen LogP contribution is -2.30. The zero-order valence-electron chi connectivity index (χ0n) is 16.1. The van der Waals surface area contributed by atoms with Crippen LogP contribution in [0.15, 0.2) is 48.5 Å². The van der Waals surface area contributed by atoms with Gasteiger partial charge in [0.05, 0.1) is 22.8 Å². The Kier molecular flexibility index (Phi) is 5.98. The fraction of sp³-hybridized carbons (Fsp3) is 0.190. The molecule has 0 aliphatic heterocycles. The molecule has 1 atom stereocenters. The first-order chi connectivity index (χ1) is 13.8. The summed E-state index contributed by atoms with van der Waals surface area (Å²) in [5.41, 5.74) is 2.11. The number of aromatic nitrogens is 2. The SMILES string of the molecule is Cc1nn(-c2ccccc2)c(C)c1C(=O)O[C@@H](C)C(=O)Nc1ccc(Cl)cc1F. The highest BCUT2D eigenvalue weighted by molar-refractivity contribution is 6.30. The van der Waals surface area contributed by atoms with Gasteiger partial charge in [-0.05, 0) is 51.1 Å². The molecule has 1 amide bonds. The van der Waals surface area contributed by atoms with Gasteiger partial charge < -0.3 is 10.1 Å². The lowest BCUT2D eigenvalue weighted by atomic mass is 10.2. The van der Waals surface area contributed by atoms with Crippen molar-refractivity contribution in [3.05, 3.63) is 76.3 Å². The summed E-state index contributed by atoms with van der Waals surface area (Å²) >= 11 is 5.70.